The highest BCUT2D eigenvalue weighted by Crippen LogP contribution is 2.38. The summed E-state index contributed by atoms with van der Waals surface area (Å²) in [4.78, 5) is 37.8. The van der Waals surface area contributed by atoms with Gasteiger partial charge in [-0.05, 0) is 57.9 Å². The zero-order valence-electron chi connectivity index (χ0n) is 15.7. The molecule has 1 aromatic heterocycles. The summed E-state index contributed by atoms with van der Waals surface area (Å²) >= 11 is 1.41. The van der Waals surface area contributed by atoms with Crippen molar-refractivity contribution in [3.8, 4) is 0 Å². The van der Waals surface area contributed by atoms with E-state index in [1.807, 2.05) is 0 Å². The first-order valence-electron chi connectivity index (χ1n) is 9.39. The predicted octanol–water partition coefficient (Wildman–Crippen LogP) is 2.85. The minimum Gasteiger partial charge on any atom is -0.459 e. The zero-order chi connectivity index (χ0) is 19.4. The van der Waals surface area contributed by atoms with Crippen LogP contribution in [0.2, 0.25) is 0 Å². The molecule has 1 aliphatic heterocycles. The van der Waals surface area contributed by atoms with Crippen LogP contribution in [0.5, 0.6) is 0 Å². The van der Waals surface area contributed by atoms with Crippen molar-refractivity contribution in [1.29, 1.82) is 0 Å². The number of amides is 1. The van der Waals surface area contributed by atoms with Crippen molar-refractivity contribution in [1.82, 2.24) is 0 Å². The third-order valence-electron chi connectivity index (χ3n) is 4.51. The molecule has 1 atom stereocenters. The SMILES string of the molecule is CC(C)OC(=O)c1c(NC(=O)COC(=O)[C@H]2CCCO2)sc2c1CCCC2. The molecule has 1 aromatic rings. The number of ether oxygens (including phenoxy) is 3. The summed E-state index contributed by atoms with van der Waals surface area (Å²) in [7, 11) is 0. The third-order valence-corrected chi connectivity index (χ3v) is 5.72. The second kappa shape index (κ2) is 8.84. The van der Waals surface area contributed by atoms with Crippen LogP contribution in [0.25, 0.3) is 0 Å². The Kier molecular flexibility index (Phi) is 6.49. The second-order valence-corrected chi connectivity index (χ2v) is 8.13. The molecule has 1 saturated heterocycles. The Morgan fingerprint density at radius 2 is 2.00 bits per heavy atom. The molecule has 1 amide bonds. The molecule has 8 heteroatoms. The van der Waals surface area contributed by atoms with Gasteiger partial charge in [0.15, 0.2) is 12.7 Å². The Hall–Kier alpha value is -1.93. The number of carbonyl (C=O) groups is 3. The molecule has 0 bridgehead atoms. The summed E-state index contributed by atoms with van der Waals surface area (Å²) in [6.07, 6.45) is 4.38. The fourth-order valence-electron chi connectivity index (χ4n) is 3.30. The van der Waals surface area contributed by atoms with Gasteiger partial charge in [0.25, 0.3) is 5.91 Å². The lowest BCUT2D eigenvalue weighted by Gasteiger charge is -2.14. The maximum Gasteiger partial charge on any atom is 0.341 e. The molecule has 0 saturated carbocycles. The van der Waals surface area contributed by atoms with Crippen molar-refractivity contribution in [3.63, 3.8) is 0 Å². The molecule has 27 heavy (non-hydrogen) atoms. The molecular weight excluding hydrogens is 370 g/mol. The van der Waals surface area contributed by atoms with Crippen LogP contribution in [-0.2, 0) is 36.6 Å². The normalized spacial score (nSPS) is 18.9. The average molecular weight is 395 g/mol. The molecule has 0 radical (unpaired) electrons. The number of carbonyl (C=O) groups excluding carboxylic acids is 3. The molecule has 148 valence electrons. The zero-order valence-corrected chi connectivity index (χ0v) is 16.5. The number of anilines is 1. The van der Waals surface area contributed by atoms with Gasteiger partial charge in [0, 0.05) is 11.5 Å². The van der Waals surface area contributed by atoms with E-state index in [0.717, 1.165) is 42.5 Å². The van der Waals surface area contributed by atoms with Gasteiger partial charge in [0.05, 0.1) is 11.7 Å². The first kappa shape index (κ1) is 19.8. The first-order chi connectivity index (χ1) is 13.0. The van der Waals surface area contributed by atoms with Gasteiger partial charge in [0.2, 0.25) is 0 Å². The highest BCUT2D eigenvalue weighted by molar-refractivity contribution is 7.17. The van der Waals surface area contributed by atoms with E-state index in [2.05, 4.69) is 5.32 Å². The summed E-state index contributed by atoms with van der Waals surface area (Å²) in [6.45, 7) is 3.72. The molecule has 0 unspecified atom stereocenters. The largest absolute Gasteiger partial charge is 0.459 e. The summed E-state index contributed by atoms with van der Waals surface area (Å²) in [6, 6.07) is 0. The van der Waals surface area contributed by atoms with Crippen molar-refractivity contribution in [3.05, 3.63) is 16.0 Å². The lowest BCUT2D eigenvalue weighted by atomic mass is 9.95. The lowest BCUT2D eigenvalue weighted by Crippen LogP contribution is -2.27. The van der Waals surface area contributed by atoms with Gasteiger partial charge < -0.3 is 19.5 Å². The van der Waals surface area contributed by atoms with E-state index >= 15 is 0 Å². The van der Waals surface area contributed by atoms with E-state index in [1.165, 1.54) is 11.3 Å². The Morgan fingerprint density at radius 3 is 2.70 bits per heavy atom. The topological polar surface area (TPSA) is 90.9 Å². The van der Waals surface area contributed by atoms with Crippen LogP contribution in [0.3, 0.4) is 0 Å². The standard InChI is InChI=1S/C19H25NO6S/c1-11(2)26-19(23)16-12-6-3-4-8-14(12)27-17(16)20-15(21)10-25-18(22)13-7-5-9-24-13/h11,13H,3-10H2,1-2H3,(H,20,21)/t13-/m1/s1. The number of rotatable bonds is 6. The van der Waals surface area contributed by atoms with Crippen molar-refractivity contribution >= 4 is 34.2 Å². The van der Waals surface area contributed by atoms with E-state index in [-0.39, 0.29) is 6.10 Å². The van der Waals surface area contributed by atoms with Gasteiger partial charge in [-0.25, -0.2) is 9.59 Å². The van der Waals surface area contributed by atoms with E-state index in [4.69, 9.17) is 14.2 Å². The minimum atomic E-state index is -0.580. The first-order valence-corrected chi connectivity index (χ1v) is 10.2. The number of esters is 2. The Morgan fingerprint density at radius 1 is 1.22 bits per heavy atom. The number of nitrogens with one attached hydrogen (secondary N) is 1. The van der Waals surface area contributed by atoms with E-state index in [1.54, 1.807) is 13.8 Å². The maximum atomic E-state index is 12.6. The monoisotopic (exact) mass is 395 g/mol. The van der Waals surface area contributed by atoms with Gasteiger partial charge >= 0.3 is 11.9 Å². The molecule has 3 rings (SSSR count). The highest BCUT2D eigenvalue weighted by Gasteiger charge is 2.29. The summed E-state index contributed by atoms with van der Waals surface area (Å²) in [5.74, 6) is -1.41. The maximum absolute atomic E-state index is 12.6. The number of aryl methyl sites for hydroxylation is 1. The Balaban J connectivity index is 1.67. The molecule has 7 nitrogen and oxygen atoms in total. The lowest BCUT2D eigenvalue weighted by molar-refractivity contribution is -0.156. The van der Waals surface area contributed by atoms with Gasteiger partial charge in [-0.2, -0.15) is 0 Å². The Labute approximate surface area is 162 Å². The van der Waals surface area contributed by atoms with Gasteiger partial charge in [-0.3, -0.25) is 4.79 Å². The van der Waals surface area contributed by atoms with Crippen LogP contribution in [0.15, 0.2) is 0 Å². The third kappa shape index (κ3) is 4.87. The fourth-order valence-corrected chi connectivity index (χ4v) is 4.59. The van der Waals surface area contributed by atoms with E-state index in [9.17, 15) is 14.4 Å². The van der Waals surface area contributed by atoms with Gasteiger partial charge in [-0.15, -0.1) is 11.3 Å². The van der Waals surface area contributed by atoms with Crippen molar-refractivity contribution in [2.75, 3.05) is 18.5 Å². The predicted molar refractivity (Wildman–Crippen MR) is 100 cm³/mol. The van der Waals surface area contributed by atoms with Crippen molar-refractivity contribution in [2.24, 2.45) is 0 Å². The van der Waals surface area contributed by atoms with Crippen molar-refractivity contribution in [2.45, 2.75) is 64.6 Å². The summed E-state index contributed by atoms with van der Waals surface area (Å²) < 4.78 is 15.6. The Bertz CT molecular complexity index is 720. The number of hydrogen-bond acceptors (Lipinski definition) is 7. The average Bonchev–Trinajstić information content (AvgIpc) is 3.26. The van der Waals surface area contributed by atoms with Gasteiger partial charge in [-0.1, -0.05) is 0 Å². The highest BCUT2D eigenvalue weighted by atomic mass is 32.1. The van der Waals surface area contributed by atoms with Crippen molar-refractivity contribution < 1.29 is 28.6 Å². The van der Waals surface area contributed by atoms with Crippen LogP contribution in [0.1, 0.15) is 60.3 Å². The van der Waals surface area contributed by atoms with Gasteiger partial charge in [0.1, 0.15) is 5.00 Å². The summed E-state index contributed by atoms with van der Waals surface area (Å²) in [5, 5.41) is 3.21. The molecular formula is C19H25NO6S. The second-order valence-electron chi connectivity index (χ2n) is 7.03. The summed E-state index contributed by atoms with van der Waals surface area (Å²) in [5.41, 5.74) is 1.42. The number of fused-ring (bicyclic) bond motifs is 1. The molecule has 1 fully saturated rings. The smallest absolute Gasteiger partial charge is 0.341 e. The molecule has 2 aliphatic rings. The van der Waals surface area contributed by atoms with Crippen LogP contribution < -0.4 is 5.32 Å². The number of thiophene rings is 1. The molecule has 1 N–H and O–H groups in total. The molecule has 0 spiro atoms. The van der Waals surface area contributed by atoms with Crippen LogP contribution in [-0.4, -0.2) is 43.3 Å². The number of hydrogen-bond donors (Lipinski definition) is 1. The molecule has 2 heterocycles. The van der Waals surface area contributed by atoms with Crippen LogP contribution >= 0.6 is 11.3 Å². The van der Waals surface area contributed by atoms with Crippen LogP contribution in [0, 0.1) is 0 Å². The van der Waals surface area contributed by atoms with E-state index < -0.39 is 30.6 Å². The molecule has 1 aliphatic carbocycles. The van der Waals surface area contributed by atoms with Crippen LogP contribution in [0.4, 0.5) is 5.00 Å². The minimum absolute atomic E-state index is 0.243. The molecule has 0 aromatic carbocycles. The fraction of sp³-hybridized carbons (Fsp3) is 0.632. The quantitative estimate of drug-likeness (QED) is 0.745. The van der Waals surface area contributed by atoms with E-state index in [0.29, 0.717) is 23.6 Å².